The van der Waals surface area contributed by atoms with Crippen LogP contribution in [0.2, 0.25) is 0 Å². The summed E-state index contributed by atoms with van der Waals surface area (Å²) in [6.45, 7) is 2.07. The van der Waals surface area contributed by atoms with Crippen molar-refractivity contribution in [1.82, 2.24) is 0 Å². The first-order valence-electron chi connectivity index (χ1n) is 5.32. The molecule has 0 amide bonds. The summed E-state index contributed by atoms with van der Waals surface area (Å²) in [7, 11) is 0. The highest BCUT2D eigenvalue weighted by Crippen LogP contribution is 2.07. The van der Waals surface area contributed by atoms with Crippen LogP contribution in [-0.2, 0) is 0 Å². The molecule has 0 fully saturated rings. The Bertz CT molecular complexity index is 120. The van der Waals surface area contributed by atoms with Gasteiger partial charge in [0.05, 0.1) is 6.26 Å². The lowest BCUT2D eigenvalue weighted by molar-refractivity contribution is 0.469. The van der Waals surface area contributed by atoms with Crippen LogP contribution < -0.4 is 0 Å². The predicted molar refractivity (Wildman–Crippen MR) is 58.9 cm³/mol. The summed E-state index contributed by atoms with van der Waals surface area (Å²) in [6, 6.07) is 0. The maximum Gasteiger partial charge on any atom is 0.0751 e. The van der Waals surface area contributed by atoms with Gasteiger partial charge in [0.15, 0.2) is 0 Å². The van der Waals surface area contributed by atoms with Gasteiger partial charge in [-0.3, -0.25) is 0 Å². The van der Waals surface area contributed by atoms with E-state index in [9.17, 15) is 0 Å². The third-order valence-electron chi connectivity index (χ3n) is 2.08. The Morgan fingerprint density at radius 2 is 1.38 bits per heavy atom. The molecule has 0 aromatic heterocycles. The molecule has 0 aliphatic rings. The molecule has 0 aliphatic heterocycles. The van der Waals surface area contributed by atoms with E-state index in [0.717, 1.165) is 12.7 Å². The molecule has 0 atom stereocenters. The molecule has 0 spiro atoms. The van der Waals surface area contributed by atoms with E-state index in [1.807, 2.05) is 6.08 Å². The van der Waals surface area contributed by atoms with E-state index in [2.05, 4.69) is 19.1 Å². The zero-order valence-electron chi connectivity index (χ0n) is 8.71. The zero-order chi connectivity index (χ0) is 9.78. The average Bonchev–Trinajstić information content (AvgIpc) is 2.16. The van der Waals surface area contributed by atoms with Gasteiger partial charge in [-0.05, 0) is 32.6 Å². The third kappa shape index (κ3) is 11.3. The number of aliphatic hydroxyl groups excluding tert-OH is 1. The van der Waals surface area contributed by atoms with Gasteiger partial charge in [0, 0.05) is 0 Å². The van der Waals surface area contributed by atoms with E-state index in [-0.39, 0.29) is 0 Å². The summed E-state index contributed by atoms with van der Waals surface area (Å²) in [5.74, 6) is 0. The second-order valence-corrected chi connectivity index (χ2v) is 3.30. The Kier molecular flexibility index (Phi) is 10.7. The highest BCUT2D eigenvalue weighted by atomic mass is 16.2. The van der Waals surface area contributed by atoms with Gasteiger partial charge in [-0.25, -0.2) is 0 Å². The van der Waals surface area contributed by atoms with Gasteiger partial charge < -0.3 is 5.11 Å². The van der Waals surface area contributed by atoms with Crippen LogP contribution in [0.4, 0.5) is 0 Å². The van der Waals surface area contributed by atoms with E-state index in [1.54, 1.807) is 0 Å². The molecule has 1 heteroatoms. The Hall–Kier alpha value is -0.720. The van der Waals surface area contributed by atoms with Gasteiger partial charge in [0.1, 0.15) is 0 Å². The van der Waals surface area contributed by atoms with Crippen LogP contribution in [-0.4, -0.2) is 5.11 Å². The Morgan fingerprint density at radius 1 is 0.846 bits per heavy atom. The van der Waals surface area contributed by atoms with Gasteiger partial charge in [-0.1, -0.05) is 37.5 Å². The largest absolute Gasteiger partial charge is 0.516 e. The highest BCUT2D eigenvalue weighted by Gasteiger charge is 1.88. The first kappa shape index (κ1) is 12.3. The maximum absolute atomic E-state index is 8.38. The number of aliphatic hydroxyl groups is 1. The molecule has 76 valence electrons. The van der Waals surface area contributed by atoms with Crippen molar-refractivity contribution in [2.24, 2.45) is 0 Å². The molecular formula is C12H22O. The van der Waals surface area contributed by atoms with Crippen molar-refractivity contribution >= 4 is 0 Å². The van der Waals surface area contributed by atoms with E-state index >= 15 is 0 Å². The molecule has 0 aromatic carbocycles. The lowest BCUT2D eigenvalue weighted by Gasteiger charge is -1.97. The number of rotatable bonds is 8. The Balaban J connectivity index is 2.91. The van der Waals surface area contributed by atoms with Gasteiger partial charge >= 0.3 is 0 Å². The summed E-state index contributed by atoms with van der Waals surface area (Å²) in [6.07, 6.45) is 16.1. The van der Waals surface area contributed by atoms with Crippen molar-refractivity contribution in [3.63, 3.8) is 0 Å². The molecule has 0 heterocycles. The Labute approximate surface area is 82.2 Å². The summed E-state index contributed by atoms with van der Waals surface area (Å²) in [5, 5.41) is 8.38. The van der Waals surface area contributed by atoms with Crippen molar-refractivity contribution in [3.05, 3.63) is 24.5 Å². The van der Waals surface area contributed by atoms with E-state index < -0.39 is 0 Å². The fraction of sp³-hybridized carbons (Fsp3) is 0.667. The van der Waals surface area contributed by atoms with Gasteiger partial charge in [-0.15, -0.1) is 0 Å². The number of unbranched alkanes of at least 4 members (excludes halogenated alkanes) is 6. The van der Waals surface area contributed by atoms with E-state index in [0.29, 0.717) is 0 Å². The van der Waals surface area contributed by atoms with Crippen LogP contribution in [0.15, 0.2) is 24.5 Å². The predicted octanol–water partition coefficient (Wildman–Crippen LogP) is 4.36. The normalized spacial score (nSPS) is 11.8. The van der Waals surface area contributed by atoms with Gasteiger partial charge in [-0.2, -0.15) is 0 Å². The molecule has 0 saturated carbocycles. The van der Waals surface area contributed by atoms with Crippen LogP contribution in [0, 0.1) is 0 Å². The van der Waals surface area contributed by atoms with Gasteiger partial charge in [0.2, 0.25) is 0 Å². The van der Waals surface area contributed by atoms with Crippen LogP contribution >= 0.6 is 0 Å². The maximum atomic E-state index is 8.38. The number of allylic oxidation sites excluding steroid dienone is 3. The molecule has 0 rings (SSSR count). The standard InChI is InChI=1S/C12H22O/c1-2-3-4-5-6-7-8-9-10-11-12-13/h2-3,11-13H,4-10H2,1H3. The highest BCUT2D eigenvalue weighted by molar-refractivity contribution is 4.76. The summed E-state index contributed by atoms with van der Waals surface area (Å²) >= 11 is 0. The minimum Gasteiger partial charge on any atom is -0.516 e. The molecule has 0 saturated heterocycles. The minimum atomic E-state index is 1.02. The monoisotopic (exact) mass is 182 g/mol. The summed E-state index contributed by atoms with van der Waals surface area (Å²) in [5.41, 5.74) is 0. The van der Waals surface area contributed by atoms with Crippen molar-refractivity contribution < 1.29 is 5.11 Å². The summed E-state index contributed by atoms with van der Waals surface area (Å²) in [4.78, 5) is 0. The van der Waals surface area contributed by atoms with E-state index in [1.165, 1.54) is 38.5 Å². The quantitative estimate of drug-likeness (QED) is 0.336. The van der Waals surface area contributed by atoms with Crippen molar-refractivity contribution in [3.8, 4) is 0 Å². The second-order valence-electron chi connectivity index (χ2n) is 3.30. The molecule has 0 radical (unpaired) electrons. The third-order valence-corrected chi connectivity index (χ3v) is 2.08. The number of hydrogen-bond donors (Lipinski definition) is 1. The first-order valence-corrected chi connectivity index (χ1v) is 5.32. The molecule has 1 N–H and O–H groups in total. The molecular weight excluding hydrogens is 160 g/mol. The topological polar surface area (TPSA) is 20.2 Å². The fourth-order valence-corrected chi connectivity index (χ4v) is 1.30. The second kappa shape index (κ2) is 11.3. The molecule has 1 nitrogen and oxygen atoms in total. The van der Waals surface area contributed by atoms with Crippen LogP contribution in [0.1, 0.15) is 51.9 Å². The van der Waals surface area contributed by atoms with E-state index in [4.69, 9.17) is 5.11 Å². The molecule has 0 unspecified atom stereocenters. The minimum absolute atomic E-state index is 1.02. The number of hydrogen-bond acceptors (Lipinski definition) is 1. The van der Waals surface area contributed by atoms with Crippen molar-refractivity contribution in [2.45, 2.75) is 51.9 Å². The lowest BCUT2D eigenvalue weighted by Crippen LogP contribution is -1.78. The molecule has 0 aromatic rings. The van der Waals surface area contributed by atoms with Crippen molar-refractivity contribution in [1.29, 1.82) is 0 Å². The SMILES string of the molecule is CC=CCCCCCCCC=CO. The zero-order valence-corrected chi connectivity index (χ0v) is 8.71. The molecule has 0 bridgehead atoms. The lowest BCUT2D eigenvalue weighted by atomic mass is 10.1. The van der Waals surface area contributed by atoms with Crippen molar-refractivity contribution in [2.75, 3.05) is 0 Å². The smallest absolute Gasteiger partial charge is 0.0751 e. The van der Waals surface area contributed by atoms with Crippen LogP contribution in [0.25, 0.3) is 0 Å². The first-order chi connectivity index (χ1) is 6.41. The van der Waals surface area contributed by atoms with Crippen LogP contribution in [0.5, 0.6) is 0 Å². The summed E-state index contributed by atoms with van der Waals surface area (Å²) < 4.78 is 0. The fourth-order valence-electron chi connectivity index (χ4n) is 1.30. The molecule has 0 aliphatic carbocycles. The Morgan fingerprint density at radius 3 is 1.92 bits per heavy atom. The van der Waals surface area contributed by atoms with Crippen LogP contribution in [0.3, 0.4) is 0 Å². The van der Waals surface area contributed by atoms with Gasteiger partial charge in [0.25, 0.3) is 0 Å². The molecule has 13 heavy (non-hydrogen) atoms. The average molecular weight is 182 g/mol.